The molecule has 1 N–H and O–H groups in total. The van der Waals surface area contributed by atoms with E-state index in [1.165, 1.54) is 0 Å². The molecule has 5 rings (SSSR count). The van der Waals surface area contributed by atoms with Gasteiger partial charge in [0.15, 0.2) is 0 Å². The van der Waals surface area contributed by atoms with Crippen LogP contribution in [0, 0.1) is 0 Å². The van der Waals surface area contributed by atoms with Gasteiger partial charge >= 0.3 is 0 Å². The summed E-state index contributed by atoms with van der Waals surface area (Å²) in [4.78, 5) is 19.7. The van der Waals surface area contributed by atoms with Crippen LogP contribution in [0.4, 0.5) is 0 Å². The topological polar surface area (TPSA) is 63.1 Å². The zero-order valence-electron chi connectivity index (χ0n) is 16.9. The number of carbonyl (C=O) groups excluding carboxylic acids is 1. The number of amides is 1. The lowest BCUT2D eigenvalue weighted by molar-refractivity contribution is 0.0916. The van der Waals surface area contributed by atoms with Crippen LogP contribution in [0.15, 0.2) is 42.7 Å². The molecule has 1 amide bonds. The summed E-state index contributed by atoms with van der Waals surface area (Å²) < 4.78 is 1.83. The molecule has 1 saturated heterocycles. The van der Waals surface area contributed by atoms with Gasteiger partial charge in [-0.3, -0.25) is 14.5 Å². The van der Waals surface area contributed by atoms with E-state index < -0.39 is 0 Å². The Hall–Kier alpha value is -2.99. The molecule has 1 fully saturated rings. The number of rotatable bonds is 3. The molecule has 0 saturated carbocycles. The van der Waals surface area contributed by atoms with Crippen molar-refractivity contribution in [3.63, 3.8) is 0 Å². The van der Waals surface area contributed by atoms with Gasteiger partial charge in [-0.05, 0) is 62.3 Å². The van der Waals surface area contributed by atoms with Crippen LogP contribution in [0.3, 0.4) is 0 Å². The summed E-state index contributed by atoms with van der Waals surface area (Å²) in [5.41, 5.74) is 6.00. The summed E-state index contributed by atoms with van der Waals surface area (Å²) in [6.07, 6.45) is 8.73. The Morgan fingerprint density at radius 3 is 2.83 bits per heavy atom. The van der Waals surface area contributed by atoms with E-state index in [4.69, 9.17) is 0 Å². The van der Waals surface area contributed by atoms with Crippen molar-refractivity contribution in [3.8, 4) is 0 Å². The molecule has 6 nitrogen and oxygen atoms in total. The van der Waals surface area contributed by atoms with E-state index in [2.05, 4.69) is 45.6 Å². The Labute approximate surface area is 170 Å². The van der Waals surface area contributed by atoms with Crippen LogP contribution in [0.1, 0.15) is 40.0 Å². The lowest BCUT2D eigenvalue weighted by Gasteiger charge is -2.29. The molecule has 2 aliphatic rings. The van der Waals surface area contributed by atoms with Gasteiger partial charge in [0.2, 0.25) is 0 Å². The lowest BCUT2D eigenvalue weighted by atomic mass is 9.98. The van der Waals surface area contributed by atoms with Crippen molar-refractivity contribution in [2.75, 3.05) is 20.1 Å². The first kappa shape index (κ1) is 18.1. The van der Waals surface area contributed by atoms with E-state index in [1.54, 1.807) is 6.20 Å². The summed E-state index contributed by atoms with van der Waals surface area (Å²) in [6, 6.07) is 8.55. The van der Waals surface area contributed by atoms with E-state index in [0.29, 0.717) is 5.56 Å². The Kier molecular flexibility index (Phi) is 4.43. The van der Waals surface area contributed by atoms with Crippen molar-refractivity contribution < 1.29 is 4.79 Å². The molecule has 29 heavy (non-hydrogen) atoms. The van der Waals surface area contributed by atoms with Gasteiger partial charge in [-0.25, -0.2) is 0 Å². The quantitative estimate of drug-likeness (QED) is 0.751. The number of pyridine rings is 1. The minimum atomic E-state index is -0.0242. The fraction of sp³-hybridized carbons (Fsp3) is 0.348. The van der Waals surface area contributed by atoms with Crippen molar-refractivity contribution in [3.05, 3.63) is 65.1 Å². The first-order chi connectivity index (χ1) is 14.1. The van der Waals surface area contributed by atoms with Crippen LogP contribution in [0.25, 0.3) is 16.5 Å². The summed E-state index contributed by atoms with van der Waals surface area (Å²) in [7, 11) is 4.06. The number of piperidine rings is 1. The highest BCUT2D eigenvalue weighted by molar-refractivity contribution is 5.97. The maximum atomic E-state index is 12.8. The highest BCUT2D eigenvalue weighted by Gasteiger charge is 2.22. The highest BCUT2D eigenvalue weighted by atomic mass is 16.1. The third-order valence-corrected chi connectivity index (χ3v) is 6.01. The summed E-state index contributed by atoms with van der Waals surface area (Å²) in [5.74, 6) is -0.0242. The molecular weight excluding hydrogens is 362 g/mol. The first-order valence-electron chi connectivity index (χ1n) is 10.2. The van der Waals surface area contributed by atoms with Gasteiger partial charge in [0.05, 0.1) is 16.8 Å². The predicted octanol–water partition coefficient (Wildman–Crippen LogP) is 2.78. The largest absolute Gasteiger partial charge is 0.349 e. The molecule has 3 heterocycles. The van der Waals surface area contributed by atoms with E-state index in [0.717, 1.165) is 65.6 Å². The number of nitrogens with zero attached hydrogens (tertiary/aromatic N) is 4. The van der Waals surface area contributed by atoms with Gasteiger partial charge < -0.3 is 10.2 Å². The average molecular weight is 387 g/mol. The molecule has 0 spiro atoms. The minimum absolute atomic E-state index is 0.0242. The number of benzene rings is 1. The molecule has 1 aliphatic carbocycles. The number of aryl methyl sites for hydroxylation is 1. The Bertz CT molecular complexity index is 1120. The number of likely N-dealkylation sites (tertiary alicyclic amines) is 1. The number of fused-ring (bicyclic) bond motifs is 2. The monoisotopic (exact) mass is 387 g/mol. The van der Waals surface area contributed by atoms with Crippen LogP contribution >= 0.6 is 0 Å². The van der Waals surface area contributed by atoms with Gasteiger partial charge in [-0.1, -0.05) is 12.1 Å². The van der Waals surface area contributed by atoms with Gasteiger partial charge in [-0.2, -0.15) is 5.10 Å². The third-order valence-electron chi connectivity index (χ3n) is 6.01. The minimum Gasteiger partial charge on any atom is -0.349 e. The lowest BCUT2D eigenvalue weighted by Crippen LogP contribution is -2.43. The summed E-state index contributed by atoms with van der Waals surface area (Å²) in [5, 5.41) is 8.76. The molecule has 0 unspecified atom stereocenters. The molecule has 1 aromatic carbocycles. The van der Waals surface area contributed by atoms with Gasteiger partial charge in [-0.15, -0.1) is 0 Å². The average Bonchev–Trinajstić information content (AvgIpc) is 3.30. The Morgan fingerprint density at radius 2 is 2.00 bits per heavy atom. The van der Waals surface area contributed by atoms with Crippen molar-refractivity contribution in [2.45, 2.75) is 25.3 Å². The number of allylic oxidation sites excluding steroid dienone is 1. The van der Waals surface area contributed by atoms with Gasteiger partial charge in [0, 0.05) is 42.9 Å². The van der Waals surface area contributed by atoms with Crippen LogP contribution in [-0.2, 0) is 13.5 Å². The van der Waals surface area contributed by atoms with E-state index in [9.17, 15) is 4.79 Å². The van der Waals surface area contributed by atoms with Crippen LogP contribution in [-0.4, -0.2) is 51.8 Å². The van der Waals surface area contributed by atoms with Crippen molar-refractivity contribution in [1.82, 2.24) is 25.0 Å². The second-order valence-corrected chi connectivity index (χ2v) is 8.17. The molecule has 0 radical (unpaired) electrons. The normalized spacial score (nSPS) is 17.4. The van der Waals surface area contributed by atoms with Crippen LogP contribution in [0.5, 0.6) is 0 Å². The zero-order chi connectivity index (χ0) is 20.0. The molecule has 3 aromatic rings. The second kappa shape index (κ2) is 7.12. The Morgan fingerprint density at radius 1 is 1.17 bits per heavy atom. The zero-order valence-corrected chi connectivity index (χ0v) is 16.9. The molecule has 1 aliphatic heterocycles. The summed E-state index contributed by atoms with van der Waals surface area (Å²) in [6.45, 7) is 2.05. The van der Waals surface area contributed by atoms with Gasteiger partial charge in [0.1, 0.15) is 0 Å². The summed E-state index contributed by atoms with van der Waals surface area (Å²) >= 11 is 0. The van der Waals surface area contributed by atoms with Crippen molar-refractivity contribution in [1.29, 1.82) is 0 Å². The fourth-order valence-electron chi connectivity index (χ4n) is 4.33. The van der Waals surface area contributed by atoms with Crippen LogP contribution in [0.2, 0.25) is 0 Å². The third kappa shape index (κ3) is 3.44. The van der Waals surface area contributed by atoms with E-state index in [-0.39, 0.29) is 11.9 Å². The standard InChI is InChI=1S/C23H25N5O/c1-27-9-7-18(8-10-27)25-23(29)16-12-20-19(4-6-22(20)24-13-16)15-3-5-21-17(11-15)14-28(2)26-21/h3-5,11-14,18H,6-10H2,1-2H3,(H,25,29). The number of hydrogen-bond donors (Lipinski definition) is 1. The van der Waals surface area contributed by atoms with Crippen molar-refractivity contribution in [2.24, 2.45) is 7.05 Å². The number of aromatic nitrogens is 3. The SMILES string of the molecule is CN1CCC(NC(=O)c2cnc3c(c2)C(c2ccc4nn(C)cc4c2)=CC3)CC1. The maximum absolute atomic E-state index is 12.8. The van der Waals surface area contributed by atoms with Gasteiger partial charge in [0.25, 0.3) is 5.91 Å². The first-order valence-corrected chi connectivity index (χ1v) is 10.2. The van der Waals surface area contributed by atoms with Crippen molar-refractivity contribution >= 4 is 22.4 Å². The molecule has 148 valence electrons. The molecular formula is C23H25N5O. The molecule has 0 bridgehead atoms. The molecule has 2 aromatic heterocycles. The Balaban J connectivity index is 1.40. The van der Waals surface area contributed by atoms with E-state index in [1.807, 2.05) is 30.1 Å². The smallest absolute Gasteiger partial charge is 0.253 e. The van der Waals surface area contributed by atoms with E-state index >= 15 is 0 Å². The fourth-order valence-corrected chi connectivity index (χ4v) is 4.33. The number of hydrogen-bond acceptors (Lipinski definition) is 4. The number of carbonyl (C=O) groups is 1. The molecule has 6 heteroatoms. The number of nitrogens with one attached hydrogen (secondary N) is 1. The highest BCUT2D eigenvalue weighted by Crippen LogP contribution is 2.33. The van der Waals surface area contributed by atoms with Crippen LogP contribution < -0.4 is 5.32 Å². The predicted molar refractivity (Wildman–Crippen MR) is 114 cm³/mol. The maximum Gasteiger partial charge on any atom is 0.253 e. The second-order valence-electron chi connectivity index (χ2n) is 8.17. The molecule has 0 atom stereocenters.